The van der Waals surface area contributed by atoms with Crippen LogP contribution in [0.25, 0.3) is 0 Å². The van der Waals surface area contributed by atoms with E-state index in [-0.39, 0.29) is 13.0 Å². The number of benzene rings is 1. The fourth-order valence-corrected chi connectivity index (χ4v) is 4.45. The normalized spacial score (nSPS) is 13.6. The number of sulfonamides is 1. The number of aliphatic hydroxyl groups excluding tert-OH is 1. The van der Waals surface area contributed by atoms with Gasteiger partial charge in [0, 0.05) is 11.5 Å². The van der Waals surface area contributed by atoms with E-state index in [2.05, 4.69) is 9.46 Å². The summed E-state index contributed by atoms with van der Waals surface area (Å²) in [5.41, 5.74) is 0. The maximum Gasteiger partial charge on any atom is 0.573 e. The smallest absolute Gasteiger partial charge is 0.506 e. The third-order valence-electron chi connectivity index (χ3n) is 3.05. The number of rotatable bonds is 7. The molecule has 1 unspecified atom stereocenters. The quantitative estimate of drug-likeness (QED) is 0.668. The lowest BCUT2D eigenvalue weighted by Crippen LogP contribution is -2.30. The van der Waals surface area contributed by atoms with Crippen molar-refractivity contribution < 1.29 is 36.5 Å². The van der Waals surface area contributed by atoms with Gasteiger partial charge >= 0.3 is 6.36 Å². The molecule has 0 aliphatic rings. The zero-order valence-electron chi connectivity index (χ0n) is 12.5. The van der Waals surface area contributed by atoms with Crippen LogP contribution < -0.4 is 9.46 Å². The second-order valence-electron chi connectivity index (χ2n) is 4.85. The highest BCUT2D eigenvalue weighted by atomic mass is 32.2. The molecule has 1 heterocycles. The molecule has 1 atom stereocenters. The van der Waals surface area contributed by atoms with Crippen molar-refractivity contribution in [2.75, 3.05) is 6.61 Å². The molecule has 0 bridgehead atoms. The van der Waals surface area contributed by atoms with Gasteiger partial charge in [-0.3, -0.25) is 0 Å². The predicted octanol–water partition coefficient (Wildman–Crippen LogP) is 2.75. The molecule has 0 fully saturated rings. The minimum absolute atomic E-state index is 0.00278. The van der Waals surface area contributed by atoms with Gasteiger partial charge in [0.1, 0.15) is 5.75 Å². The molecule has 1 aromatic heterocycles. The largest absolute Gasteiger partial charge is 0.573 e. The molecule has 0 amide bonds. The SMILES string of the molecule is O=S(=O)(NC(CCO)c1cccs1)c1c(O)cccc1OC(F)(F)F. The standard InChI is InChI=1S/C14H14F3NO5S2/c15-14(16,17)23-11-4-1-3-10(20)13(11)25(21,22)18-9(6-7-19)12-5-2-8-24-12/h1-5,8-9,18-20H,6-7H2. The first-order valence-electron chi connectivity index (χ1n) is 6.88. The molecule has 0 aliphatic carbocycles. The van der Waals surface area contributed by atoms with E-state index in [1.54, 1.807) is 17.5 Å². The Morgan fingerprint density at radius 1 is 1.24 bits per heavy atom. The first-order chi connectivity index (χ1) is 11.6. The number of halogens is 3. The molecule has 0 saturated carbocycles. The molecule has 6 nitrogen and oxygen atoms in total. The Bertz CT molecular complexity index is 806. The maximum absolute atomic E-state index is 12.5. The van der Waals surface area contributed by atoms with Crippen LogP contribution in [-0.4, -0.2) is 31.6 Å². The average molecular weight is 397 g/mol. The van der Waals surface area contributed by atoms with Crippen LogP contribution in [0.15, 0.2) is 40.6 Å². The maximum atomic E-state index is 12.5. The molecule has 11 heteroatoms. The number of hydrogen-bond acceptors (Lipinski definition) is 6. The van der Waals surface area contributed by atoms with Crippen molar-refractivity contribution in [3.05, 3.63) is 40.6 Å². The number of aliphatic hydroxyl groups is 1. The molecule has 2 aromatic rings. The van der Waals surface area contributed by atoms with Gasteiger partial charge in [-0.15, -0.1) is 24.5 Å². The van der Waals surface area contributed by atoms with Gasteiger partial charge < -0.3 is 14.9 Å². The number of ether oxygens (including phenoxy) is 1. The van der Waals surface area contributed by atoms with Crippen molar-refractivity contribution in [1.29, 1.82) is 0 Å². The molecule has 25 heavy (non-hydrogen) atoms. The minimum Gasteiger partial charge on any atom is -0.506 e. The summed E-state index contributed by atoms with van der Waals surface area (Å²) in [4.78, 5) is -0.460. The van der Waals surface area contributed by atoms with Crippen LogP contribution >= 0.6 is 11.3 Å². The van der Waals surface area contributed by atoms with E-state index in [9.17, 15) is 26.7 Å². The summed E-state index contributed by atoms with van der Waals surface area (Å²) < 4.78 is 68.5. The van der Waals surface area contributed by atoms with Crippen LogP contribution in [0.1, 0.15) is 17.3 Å². The van der Waals surface area contributed by atoms with Crippen molar-refractivity contribution in [2.45, 2.75) is 23.7 Å². The van der Waals surface area contributed by atoms with Crippen molar-refractivity contribution in [3.63, 3.8) is 0 Å². The molecule has 1 aromatic carbocycles. The monoisotopic (exact) mass is 397 g/mol. The summed E-state index contributed by atoms with van der Waals surface area (Å²) in [6, 6.07) is 5.16. The van der Waals surface area contributed by atoms with Crippen molar-refractivity contribution in [3.8, 4) is 11.5 Å². The fourth-order valence-electron chi connectivity index (χ4n) is 2.10. The third-order valence-corrected chi connectivity index (χ3v) is 5.58. The first-order valence-corrected chi connectivity index (χ1v) is 9.24. The Kier molecular flexibility index (Phi) is 5.93. The van der Waals surface area contributed by atoms with Crippen LogP contribution in [0.5, 0.6) is 11.5 Å². The van der Waals surface area contributed by atoms with Crippen LogP contribution in [0, 0.1) is 0 Å². The number of hydrogen-bond donors (Lipinski definition) is 3. The highest BCUT2D eigenvalue weighted by Gasteiger charge is 2.36. The van der Waals surface area contributed by atoms with Gasteiger partial charge in [-0.2, -0.15) is 0 Å². The molecule has 2 rings (SSSR count). The minimum atomic E-state index is -5.13. The summed E-state index contributed by atoms with van der Waals surface area (Å²) in [7, 11) is -4.57. The van der Waals surface area contributed by atoms with Crippen molar-refractivity contribution in [1.82, 2.24) is 4.72 Å². The lowest BCUT2D eigenvalue weighted by atomic mass is 10.2. The van der Waals surface area contributed by atoms with E-state index in [0.29, 0.717) is 4.88 Å². The van der Waals surface area contributed by atoms with E-state index in [0.717, 1.165) is 18.2 Å². The fraction of sp³-hybridized carbons (Fsp3) is 0.286. The van der Waals surface area contributed by atoms with Crippen LogP contribution in [0.3, 0.4) is 0 Å². The molecule has 0 aliphatic heterocycles. The Morgan fingerprint density at radius 3 is 2.52 bits per heavy atom. The molecular weight excluding hydrogens is 383 g/mol. The van der Waals surface area contributed by atoms with Crippen molar-refractivity contribution >= 4 is 21.4 Å². The summed E-state index contributed by atoms with van der Waals surface area (Å²) in [6.07, 6.45) is -5.13. The first kappa shape index (κ1) is 19.5. The zero-order chi connectivity index (χ0) is 18.7. The van der Waals surface area contributed by atoms with E-state index in [4.69, 9.17) is 5.11 Å². The highest BCUT2D eigenvalue weighted by molar-refractivity contribution is 7.89. The van der Waals surface area contributed by atoms with E-state index in [1.807, 2.05) is 0 Å². The Balaban J connectivity index is 2.42. The average Bonchev–Trinajstić information content (AvgIpc) is 2.98. The molecule has 138 valence electrons. The van der Waals surface area contributed by atoms with E-state index >= 15 is 0 Å². The molecule has 3 N–H and O–H groups in total. The summed E-state index contributed by atoms with van der Waals surface area (Å²) in [5, 5.41) is 20.6. The Labute approximate surface area is 145 Å². The predicted molar refractivity (Wildman–Crippen MR) is 83.9 cm³/mol. The molecule has 0 spiro atoms. The molecule has 0 saturated heterocycles. The molecular formula is C14H14F3NO5S2. The zero-order valence-corrected chi connectivity index (χ0v) is 14.2. The topological polar surface area (TPSA) is 95.9 Å². The number of thiophene rings is 1. The van der Waals surface area contributed by atoms with Crippen molar-refractivity contribution in [2.24, 2.45) is 0 Å². The van der Waals surface area contributed by atoms with Gasteiger partial charge in [0.05, 0.1) is 6.04 Å². The summed E-state index contributed by atoms with van der Waals surface area (Å²) in [6.45, 7) is -0.349. The Morgan fingerprint density at radius 2 is 1.96 bits per heavy atom. The number of phenols is 1. The number of phenolic OH excluding ortho intramolecular Hbond substituents is 1. The van der Waals surface area contributed by atoms with Gasteiger partial charge in [0.2, 0.25) is 10.0 Å². The van der Waals surface area contributed by atoms with Gasteiger partial charge in [-0.1, -0.05) is 12.1 Å². The van der Waals surface area contributed by atoms with E-state index in [1.165, 1.54) is 11.3 Å². The number of aromatic hydroxyl groups is 1. The molecule has 0 radical (unpaired) electrons. The summed E-state index contributed by atoms with van der Waals surface area (Å²) in [5.74, 6) is -1.93. The highest BCUT2D eigenvalue weighted by Crippen LogP contribution is 2.36. The van der Waals surface area contributed by atoms with Gasteiger partial charge in [-0.05, 0) is 30.0 Å². The lowest BCUT2D eigenvalue weighted by molar-refractivity contribution is -0.275. The van der Waals surface area contributed by atoms with Gasteiger partial charge in [0.25, 0.3) is 0 Å². The lowest BCUT2D eigenvalue weighted by Gasteiger charge is -2.19. The second kappa shape index (κ2) is 7.60. The second-order valence-corrected chi connectivity index (χ2v) is 7.48. The number of nitrogens with one attached hydrogen (secondary N) is 1. The Hall–Kier alpha value is -1.82. The van der Waals surface area contributed by atoms with Gasteiger partial charge in [-0.25, -0.2) is 13.1 Å². The third kappa shape index (κ3) is 5.08. The summed E-state index contributed by atoms with van der Waals surface area (Å²) >= 11 is 1.21. The van der Waals surface area contributed by atoms with Crippen LogP contribution in [0.4, 0.5) is 13.2 Å². The van der Waals surface area contributed by atoms with E-state index < -0.39 is 38.8 Å². The number of alkyl halides is 3. The van der Waals surface area contributed by atoms with Crippen LogP contribution in [-0.2, 0) is 10.0 Å². The van der Waals surface area contributed by atoms with Gasteiger partial charge in [0.15, 0.2) is 10.6 Å². The van der Waals surface area contributed by atoms with Crippen LogP contribution in [0.2, 0.25) is 0 Å².